The molecule has 0 fully saturated rings. The highest BCUT2D eigenvalue weighted by atomic mass is 16.5. The van der Waals surface area contributed by atoms with Crippen molar-refractivity contribution < 1.29 is 9.53 Å². The van der Waals surface area contributed by atoms with Crippen LogP contribution in [0.5, 0.6) is 11.5 Å². The minimum Gasteiger partial charge on any atom is -0.457 e. The molecule has 0 bridgehead atoms. The third-order valence-corrected chi connectivity index (χ3v) is 2.69. The molecule has 0 aromatic heterocycles. The van der Waals surface area contributed by atoms with Crippen LogP contribution >= 0.6 is 0 Å². The van der Waals surface area contributed by atoms with Crippen molar-refractivity contribution in [2.75, 3.05) is 0 Å². The number of carbonyl (C=O) groups is 1. The fourth-order valence-electron chi connectivity index (χ4n) is 1.94. The summed E-state index contributed by atoms with van der Waals surface area (Å²) < 4.78 is 5.78. The first-order chi connectivity index (χ1) is 9.10. The van der Waals surface area contributed by atoms with Gasteiger partial charge in [-0.1, -0.05) is 18.2 Å². The molecule has 0 atom stereocenters. The monoisotopic (exact) mass is 250 g/mol. The van der Waals surface area contributed by atoms with Crippen molar-refractivity contribution in [3.63, 3.8) is 0 Å². The summed E-state index contributed by atoms with van der Waals surface area (Å²) in [5.41, 5.74) is 2.62. The molecule has 0 aliphatic rings. The largest absolute Gasteiger partial charge is 0.457 e. The van der Waals surface area contributed by atoms with Crippen LogP contribution in [0.2, 0.25) is 0 Å². The molecule has 94 valence electrons. The van der Waals surface area contributed by atoms with E-state index in [4.69, 9.17) is 11.2 Å². The number of rotatable bonds is 3. The van der Waals surface area contributed by atoms with Gasteiger partial charge in [-0.25, -0.2) is 0 Å². The molecule has 0 N–H and O–H groups in total. The smallest absolute Gasteiger partial charge is 0.239 e. The number of hydrogen-bond donors (Lipinski definition) is 0. The van der Waals surface area contributed by atoms with E-state index in [1.165, 1.54) is 0 Å². The van der Waals surface area contributed by atoms with Crippen LogP contribution < -0.4 is 4.74 Å². The third-order valence-electron chi connectivity index (χ3n) is 2.69. The lowest BCUT2D eigenvalue weighted by Gasteiger charge is -2.10. The summed E-state index contributed by atoms with van der Waals surface area (Å²) in [4.78, 5) is 11.6. The maximum atomic E-state index is 11.6. The van der Waals surface area contributed by atoms with Crippen molar-refractivity contribution in [1.29, 1.82) is 0 Å². The van der Waals surface area contributed by atoms with Crippen LogP contribution in [0, 0.1) is 26.2 Å². The summed E-state index contributed by atoms with van der Waals surface area (Å²) in [5.74, 6) is 2.92. The molecule has 0 amide bonds. The van der Waals surface area contributed by atoms with Crippen LogP contribution in [0.4, 0.5) is 0 Å². The predicted molar refractivity (Wildman–Crippen MR) is 75.6 cm³/mol. The zero-order valence-corrected chi connectivity index (χ0v) is 10.9. The maximum Gasteiger partial charge on any atom is 0.239 e. The molecule has 0 saturated carbocycles. The van der Waals surface area contributed by atoms with Gasteiger partial charge in [0.2, 0.25) is 5.78 Å². The fourth-order valence-corrected chi connectivity index (χ4v) is 1.94. The van der Waals surface area contributed by atoms with Gasteiger partial charge in [0.1, 0.15) is 11.5 Å². The van der Waals surface area contributed by atoms with Crippen LogP contribution in [0.15, 0.2) is 42.5 Å². The lowest BCUT2D eigenvalue weighted by molar-refractivity contribution is 0.105. The average Bonchev–Trinajstić information content (AvgIpc) is 2.37. The fraction of sp³-hybridized carbons (Fsp3) is 0.118. The number of benzene rings is 2. The van der Waals surface area contributed by atoms with E-state index in [0.717, 1.165) is 11.1 Å². The van der Waals surface area contributed by atoms with E-state index in [9.17, 15) is 4.79 Å². The summed E-state index contributed by atoms with van der Waals surface area (Å²) in [5, 5.41) is 0. The average molecular weight is 250 g/mol. The van der Waals surface area contributed by atoms with Crippen LogP contribution in [0.1, 0.15) is 21.5 Å². The van der Waals surface area contributed by atoms with Gasteiger partial charge in [0, 0.05) is 0 Å². The van der Waals surface area contributed by atoms with Crippen LogP contribution in [0.25, 0.3) is 0 Å². The molecule has 0 aliphatic carbocycles. The summed E-state index contributed by atoms with van der Waals surface area (Å²) in [7, 11) is 0. The molecule has 2 aromatic carbocycles. The van der Waals surface area contributed by atoms with Crippen molar-refractivity contribution >= 4 is 5.78 Å². The second-order valence-corrected chi connectivity index (χ2v) is 4.40. The molecule has 0 saturated heterocycles. The second kappa shape index (κ2) is 5.41. The first kappa shape index (κ1) is 12.9. The quantitative estimate of drug-likeness (QED) is 0.469. The summed E-state index contributed by atoms with van der Waals surface area (Å²) >= 11 is 0. The van der Waals surface area contributed by atoms with Gasteiger partial charge < -0.3 is 4.74 Å². The van der Waals surface area contributed by atoms with E-state index in [-0.39, 0.29) is 5.78 Å². The Morgan fingerprint density at radius 1 is 1.11 bits per heavy atom. The number of para-hydroxylation sites is 1. The zero-order chi connectivity index (χ0) is 13.8. The Labute approximate surface area is 113 Å². The number of Topliss-reactive ketones (excluding diaryl/α,β-unsaturated/α-hetero) is 1. The van der Waals surface area contributed by atoms with Crippen molar-refractivity contribution in [3.05, 3.63) is 59.2 Å². The molecule has 0 unspecified atom stereocenters. The number of aryl methyl sites for hydroxylation is 2. The molecule has 2 heteroatoms. The van der Waals surface area contributed by atoms with Crippen LogP contribution in [0.3, 0.4) is 0 Å². The van der Waals surface area contributed by atoms with Gasteiger partial charge in [0.15, 0.2) is 0 Å². The highest BCUT2D eigenvalue weighted by molar-refractivity contribution is 6.10. The number of terminal acetylenes is 1. The molecule has 0 aliphatic heterocycles. The second-order valence-electron chi connectivity index (χ2n) is 4.40. The lowest BCUT2D eigenvalue weighted by atomic mass is 10.1. The van der Waals surface area contributed by atoms with Gasteiger partial charge in [-0.15, -0.1) is 6.42 Å². The Hall–Kier alpha value is -2.53. The zero-order valence-electron chi connectivity index (χ0n) is 10.9. The Kier molecular flexibility index (Phi) is 3.68. The van der Waals surface area contributed by atoms with Crippen molar-refractivity contribution in [2.45, 2.75) is 13.8 Å². The van der Waals surface area contributed by atoms with Crippen molar-refractivity contribution in [1.82, 2.24) is 0 Å². The molecule has 0 spiro atoms. The van der Waals surface area contributed by atoms with E-state index < -0.39 is 0 Å². The first-order valence-corrected chi connectivity index (χ1v) is 5.96. The standard InChI is InChI=1S/C17H14O2/c1-4-16(18)15-7-5-6-8-17(15)19-14-10-12(2)9-13(3)11-14/h1,5-11H,2-3H3. The highest BCUT2D eigenvalue weighted by Gasteiger charge is 2.10. The van der Waals surface area contributed by atoms with Gasteiger partial charge in [-0.2, -0.15) is 0 Å². The molecule has 0 radical (unpaired) electrons. The van der Waals surface area contributed by atoms with E-state index in [2.05, 4.69) is 12.0 Å². The first-order valence-electron chi connectivity index (χ1n) is 5.96. The van der Waals surface area contributed by atoms with Crippen molar-refractivity contribution in [3.8, 4) is 23.8 Å². The molecular weight excluding hydrogens is 236 g/mol. The van der Waals surface area contributed by atoms with Gasteiger partial charge in [0.25, 0.3) is 0 Å². The SMILES string of the molecule is C#CC(=O)c1ccccc1Oc1cc(C)cc(C)c1. The van der Waals surface area contributed by atoms with Crippen LogP contribution in [-0.2, 0) is 0 Å². The number of ether oxygens (including phenoxy) is 1. The summed E-state index contributed by atoms with van der Waals surface area (Å²) in [6, 6.07) is 12.9. The molecular formula is C17H14O2. The minimum atomic E-state index is -0.375. The molecule has 2 aromatic rings. The third kappa shape index (κ3) is 3.02. The van der Waals surface area contributed by atoms with Crippen molar-refractivity contribution in [2.24, 2.45) is 0 Å². The Morgan fingerprint density at radius 2 is 1.74 bits per heavy atom. The number of carbonyl (C=O) groups excluding carboxylic acids is 1. The Bertz CT molecular complexity index is 643. The number of ketones is 1. The maximum absolute atomic E-state index is 11.6. The van der Waals surface area contributed by atoms with Gasteiger partial charge in [0.05, 0.1) is 5.56 Å². The Balaban J connectivity index is 2.39. The Morgan fingerprint density at radius 3 is 2.37 bits per heavy atom. The molecule has 2 rings (SSSR count). The summed E-state index contributed by atoms with van der Waals surface area (Å²) in [6.07, 6.45) is 5.16. The van der Waals surface area contributed by atoms with E-state index in [0.29, 0.717) is 17.1 Å². The van der Waals surface area contributed by atoms with Gasteiger partial charge in [-0.05, 0) is 55.2 Å². The summed E-state index contributed by atoms with van der Waals surface area (Å²) in [6.45, 7) is 4.00. The van der Waals surface area contributed by atoms with Gasteiger partial charge in [-0.3, -0.25) is 4.79 Å². The highest BCUT2D eigenvalue weighted by Crippen LogP contribution is 2.27. The van der Waals surface area contributed by atoms with E-state index >= 15 is 0 Å². The minimum absolute atomic E-state index is 0.375. The van der Waals surface area contributed by atoms with Crippen LogP contribution in [-0.4, -0.2) is 5.78 Å². The predicted octanol–water partition coefficient (Wildman–Crippen LogP) is 3.91. The molecule has 2 nitrogen and oxygen atoms in total. The van der Waals surface area contributed by atoms with E-state index in [1.54, 1.807) is 18.2 Å². The molecule has 19 heavy (non-hydrogen) atoms. The lowest BCUT2D eigenvalue weighted by Crippen LogP contribution is -1.98. The van der Waals surface area contributed by atoms with E-state index in [1.807, 2.05) is 32.0 Å². The van der Waals surface area contributed by atoms with Gasteiger partial charge >= 0.3 is 0 Å². The number of hydrogen-bond acceptors (Lipinski definition) is 2. The normalized spacial score (nSPS) is 9.74. The molecule has 0 heterocycles. The topological polar surface area (TPSA) is 26.3 Å².